The van der Waals surface area contributed by atoms with Crippen molar-refractivity contribution in [1.29, 1.82) is 0 Å². The molecule has 32 heteroatoms. The largest absolute Gasteiger partial charge is 0.480 e. The third kappa shape index (κ3) is 25.3. The Morgan fingerprint density at radius 3 is 1.73 bits per heavy atom. The van der Waals surface area contributed by atoms with Gasteiger partial charge in [0.2, 0.25) is 0 Å². The third-order valence-corrected chi connectivity index (χ3v) is 10.6. The van der Waals surface area contributed by atoms with E-state index in [1.54, 1.807) is 0 Å². The van der Waals surface area contributed by atoms with Crippen LogP contribution < -0.4 is 61.1 Å². The second-order valence-corrected chi connectivity index (χ2v) is 16.8. The van der Waals surface area contributed by atoms with Crippen LogP contribution in [0.1, 0.15) is 77.6 Å². The lowest BCUT2D eigenvalue weighted by molar-refractivity contribution is -0.673. The number of aromatic nitrogens is 3. The number of unbranched alkanes of at least 4 members (excludes halogenated alkanes) is 1. The summed E-state index contributed by atoms with van der Waals surface area (Å²) in [5, 5.41) is 67.6. The molecule has 26 N–H and O–H groups in total. The van der Waals surface area contributed by atoms with Gasteiger partial charge in [0.15, 0.2) is 36.1 Å². The number of Topliss-reactive ketones (excluding diaryl/α,β-unsaturated/α-hetero) is 1. The van der Waals surface area contributed by atoms with Crippen LogP contribution >= 0.6 is 0 Å². The zero-order chi connectivity index (χ0) is 56.1. The lowest BCUT2D eigenvalue weighted by atomic mass is 10.1. The molecule has 416 valence electrons. The number of nitrogens with one attached hydrogen (secondary N) is 3. The molecule has 2 aliphatic rings. The van der Waals surface area contributed by atoms with Crippen molar-refractivity contribution in [2.75, 3.05) is 44.6 Å². The Labute approximate surface area is 425 Å². The van der Waals surface area contributed by atoms with Crippen molar-refractivity contribution in [2.24, 2.45) is 60.8 Å². The van der Waals surface area contributed by atoms with Gasteiger partial charge >= 0.3 is 41.4 Å². The number of imidazole rings is 1. The van der Waals surface area contributed by atoms with Gasteiger partial charge in [-0.2, -0.15) is 0 Å². The number of pyridine rings is 1. The summed E-state index contributed by atoms with van der Waals surface area (Å²) in [6, 6.07) is -0.495. The highest BCUT2D eigenvalue weighted by Gasteiger charge is 2.31. The first-order chi connectivity index (χ1) is 34.8. The number of aliphatic carboxylic acids is 5. The number of nitrogens with zero attached hydrogens (tertiary/aromatic N) is 7. The van der Waals surface area contributed by atoms with Gasteiger partial charge in [-0.15, -0.1) is 0 Å². The first kappa shape index (κ1) is 64.7. The van der Waals surface area contributed by atoms with E-state index in [0.717, 1.165) is 24.0 Å². The number of aliphatic imine (C=N–C) groups is 3. The number of amides is 1. The molecule has 0 saturated heterocycles. The number of aliphatic hydroxyl groups excluding tert-OH is 2. The number of fused-ring (bicyclic) bond motifs is 1. The van der Waals surface area contributed by atoms with Gasteiger partial charge in [0.1, 0.15) is 48.8 Å². The minimum Gasteiger partial charge on any atom is -0.480 e. The molecule has 1 amide bonds. The molecule has 0 aliphatic carbocycles. The van der Waals surface area contributed by atoms with Crippen LogP contribution in [0.5, 0.6) is 0 Å². The van der Waals surface area contributed by atoms with Crippen LogP contribution in [0.3, 0.4) is 0 Å². The van der Waals surface area contributed by atoms with E-state index in [1.807, 2.05) is 22.9 Å². The number of carboxylic acid groups (broad SMARTS) is 5. The van der Waals surface area contributed by atoms with E-state index in [-0.39, 0.29) is 49.1 Å². The summed E-state index contributed by atoms with van der Waals surface area (Å²) in [5.74, 6) is -4.28. The Balaban J connectivity index is 0.000000512. The second-order valence-electron chi connectivity index (χ2n) is 16.8. The lowest BCUT2D eigenvalue weighted by Crippen LogP contribution is -2.43. The van der Waals surface area contributed by atoms with E-state index in [0.29, 0.717) is 90.0 Å². The Bertz CT molecular complexity index is 2230. The third-order valence-electron chi connectivity index (χ3n) is 10.6. The van der Waals surface area contributed by atoms with E-state index in [1.165, 1.54) is 16.7 Å². The molecule has 7 unspecified atom stereocenters. The Kier molecular flexibility index (Phi) is 29.8. The van der Waals surface area contributed by atoms with Crippen molar-refractivity contribution in [1.82, 2.24) is 25.1 Å². The summed E-state index contributed by atoms with van der Waals surface area (Å²) in [4.78, 5) is 95.8. The molecule has 0 spiro atoms. The van der Waals surface area contributed by atoms with Crippen molar-refractivity contribution < 1.29 is 73.9 Å². The monoisotopic (exact) mass is 1060 g/mol. The first-order valence-electron chi connectivity index (χ1n) is 23.4. The van der Waals surface area contributed by atoms with Gasteiger partial charge in [-0.3, -0.25) is 43.4 Å². The van der Waals surface area contributed by atoms with E-state index in [4.69, 9.17) is 76.5 Å². The molecular formula is C42H75N18O14+. The number of aromatic amines is 1. The molecule has 0 radical (unpaired) electrons. The van der Waals surface area contributed by atoms with Crippen LogP contribution in [-0.2, 0) is 40.1 Å². The fraction of sp³-hybridized carbons (Fsp3) is 0.619. The van der Waals surface area contributed by atoms with Gasteiger partial charge in [0, 0.05) is 26.2 Å². The quantitative estimate of drug-likeness (QED) is 0.0156. The van der Waals surface area contributed by atoms with Crippen LogP contribution in [0.25, 0.3) is 11.2 Å². The topological polar surface area (TPSA) is 569 Å². The fourth-order valence-electron chi connectivity index (χ4n) is 6.33. The number of H-pyrrole nitrogens is 1. The molecule has 0 fully saturated rings. The lowest BCUT2D eigenvalue weighted by Gasteiger charge is -2.23. The Morgan fingerprint density at radius 1 is 0.757 bits per heavy atom. The molecule has 32 nitrogen and oxygen atoms in total. The molecule has 2 aromatic rings. The smallest absolute Gasteiger partial charge is 0.351 e. The number of hydrogen-bond acceptors (Lipinski definition) is 22. The van der Waals surface area contributed by atoms with Crippen LogP contribution in [-0.4, -0.2) is 197 Å². The van der Waals surface area contributed by atoms with Crippen molar-refractivity contribution in [3.05, 3.63) is 18.3 Å². The van der Waals surface area contributed by atoms with Gasteiger partial charge in [0.05, 0.1) is 12.7 Å². The van der Waals surface area contributed by atoms with E-state index >= 15 is 0 Å². The molecular weight excluding hydrogens is 981 g/mol. The SMILES string of the molecule is CC(=O)CN=C(N)NCCCC(N)C(=O)O.NC(CCCC[n+]1cccc2[nH]c(NCCCC(N)C(=O)O)nc21)C(=O)O.NC1=NC(O)C(O)N1CCCC(N)C(=O)O.NC1=NCC(=O)N1CCCC(N)C(=O)O. The number of aliphatic hydroxyl groups is 2. The van der Waals surface area contributed by atoms with Crippen LogP contribution in [0, 0.1) is 0 Å². The van der Waals surface area contributed by atoms with Gasteiger partial charge in [-0.1, -0.05) is 0 Å². The van der Waals surface area contributed by atoms with E-state index in [2.05, 4.69) is 35.6 Å². The standard InChI is InChI=1S/C17H26N6O4.C9H18N4O3.C8H16N4O4.C8H14N4O3/c18-11(15(24)25)5-1-2-9-23-10-4-7-13-14(23)22-17(21-13)20-8-3-6-12(19)16(26)27;1-6(14)5-13-9(11)12-4-2-3-7(10)8(15)16;9-4(7(15)16)2-1-3-12-6(14)5(13)11-8(12)10;9-5(7(14)15)2-1-3-12-6(13)4-11-8(12)10/h4,7,10-12H,1-3,5-6,8-9,18-19H2,(H3,20,21,24,25,26,27);7H,2-5,10H2,1H3,(H,15,16)(H3,11,12,13);4-6,13-14H,1-3,9H2,(H2,10,11)(H,15,16);5H,1-4,9H2,(H2,10,11)(H,14,15)/p+1. The van der Waals surface area contributed by atoms with E-state index < -0.39 is 72.5 Å². The maximum absolute atomic E-state index is 11.2. The molecule has 0 bridgehead atoms. The average molecular weight is 1060 g/mol. The molecule has 2 aliphatic heterocycles. The van der Waals surface area contributed by atoms with Crippen LogP contribution in [0.2, 0.25) is 0 Å². The minimum atomic E-state index is -1.24. The van der Waals surface area contributed by atoms with Crippen molar-refractivity contribution in [3.8, 4) is 0 Å². The number of carbonyl (C=O) groups excluding carboxylic acids is 2. The summed E-state index contributed by atoms with van der Waals surface area (Å²) < 4.78 is 2.00. The fourth-order valence-corrected chi connectivity index (χ4v) is 6.33. The molecule has 74 heavy (non-hydrogen) atoms. The maximum atomic E-state index is 11.2. The number of carboxylic acids is 5. The number of aryl methyl sites for hydroxylation is 1. The summed E-state index contributed by atoms with van der Waals surface area (Å²) in [6.07, 6.45) is 4.94. The highest BCUT2D eigenvalue weighted by molar-refractivity contribution is 6.02. The van der Waals surface area contributed by atoms with Gasteiger partial charge in [-0.05, 0) is 94.7 Å². The second kappa shape index (κ2) is 34.1. The Hall–Kier alpha value is -7.36. The Morgan fingerprint density at radius 2 is 1.26 bits per heavy atom. The molecule has 0 saturated carbocycles. The van der Waals surface area contributed by atoms with Gasteiger partial charge in [0.25, 0.3) is 5.91 Å². The number of ketones is 1. The number of anilines is 1. The average Bonchev–Trinajstić information content (AvgIpc) is 3.99. The number of guanidine groups is 3. The molecule has 2 aromatic heterocycles. The number of hydrogen-bond donors (Lipinski definition) is 18. The zero-order valence-electron chi connectivity index (χ0n) is 41.2. The summed E-state index contributed by atoms with van der Waals surface area (Å²) in [5.41, 5.74) is 44.9. The molecule has 7 atom stereocenters. The number of rotatable bonds is 29. The molecule has 0 aromatic carbocycles. The highest BCUT2D eigenvalue weighted by Crippen LogP contribution is 2.14. The van der Waals surface area contributed by atoms with Gasteiger partial charge < -0.3 is 97.1 Å². The van der Waals surface area contributed by atoms with E-state index in [9.17, 15) is 38.7 Å². The van der Waals surface area contributed by atoms with Crippen molar-refractivity contribution in [3.63, 3.8) is 0 Å². The van der Waals surface area contributed by atoms with Crippen molar-refractivity contribution in [2.45, 2.75) is 127 Å². The van der Waals surface area contributed by atoms with Crippen LogP contribution in [0.15, 0.2) is 33.3 Å². The predicted molar refractivity (Wildman–Crippen MR) is 267 cm³/mol. The molecule has 4 heterocycles. The maximum Gasteiger partial charge on any atom is 0.351 e. The van der Waals surface area contributed by atoms with Crippen molar-refractivity contribution >= 4 is 76.5 Å². The minimum absolute atomic E-state index is 0.0453. The summed E-state index contributed by atoms with van der Waals surface area (Å²) in [6.45, 7) is 3.97. The summed E-state index contributed by atoms with van der Waals surface area (Å²) >= 11 is 0. The highest BCUT2D eigenvalue weighted by atomic mass is 16.4. The van der Waals surface area contributed by atoms with Crippen LogP contribution in [0.4, 0.5) is 5.95 Å². The predicted octanol–water partition coefficient (Wildman–Crippen LogP) is -5.51. The first-order valence-corrected chi connectivity index (χ1v) is 23.4. The number of carbonyl (C=O) groups is 7. The normalized spacial score (nSPS) is 17.1. The zero-order valence-corrected chi connectivity index (χ0v) is 41.2. The summed E-state index contributed by atoms with van der Waals surface area (Å²) in [7, 11) is 0. The van der Waals surface area contributed by atoms with Gasteiger partial charge in [-0.25, -0.2) is 19.5 Å². The number of nitrogens with two attached hydrogens (primary N) is 8. The molecule has 4 rings (SSSR count).